The third-order valence-electron chi connectivity index (χ3n) is 3.51. The standard InChI is InChI=1S/C14H17N3O3/c1-16-6-10-7-17(14(18)12-4-3-5-20-12)8-11(9-19-2)13(10)15-16/h3-6,11H,7-9H2,1-2H3/t11-/m0/s1. The summed E-state index contributed by atoms with van der Waals surface area (Å²) in [5.41, 5.74) is 2.10. The molecule has 0 saturated carbocycles. The zero-order chi connectivity index (χ0) is 14.1. The smallest absolute Gasteiger partial charge is 0.289 e. The van der Waals surface area contributed by atoms with Crippen molar-refractivity contribution in [2.75, 3.05) is 20.3 Å². The van der Waals surface area contributed by atoms with Gasteiger partial charge in [0.1, 0.15) is 0 Å². The molecule has 0 spiro atoms. The molecular formula is C14H17N3O3. The number of aromatic nitrogens is 2. The molecule has 6 heteroatoms. The minimum atomic E-state index is -0.0920. The van der Waals surface area contributed by atoms with Gasteiger partial charge in [0.2, 0.25) is 0 Å². The monoisotopic (exact) mass is 275 g/mol. The molecule has 0 aromatic carbocycles. The second-order valence-corrected chi connectivity index (χ2v) is 5.03. The number of hydrogen-bond donors (Lipinski definition) is 0. The highest BCUT2D eigenvalue weighted by atomic mass is 16.5. The van der Waals surface area contributed by atoms with Crippen molar-refractivity contribution >= 4 is 5.91 Å². The summed E-state index contributed by atoms with van der Waals surface area (Å²) in [4.78, 5) is 14.2. The van der Waals surface area contributed by atoms with E-state index in [1.54, 1.807) is 28.8 Å². The van der Waals surface area contributed by atoms with Gasteiger partial charge in [-0.25, -0.2) is 0 Å². The van der Waals surface area contributed by atoms with Crippen LogP contribution in [-0.2, 0) is 18.3 Å². The quantitative estimate of drug-likeness (QED) is 0.849. The van der Waals surface area contributed by atoms with E-state index in [1.807, 2.05) is 13.2 Å². The van der Waals surface area contributed by atoms with Crippen molar-refractivity contribution in [3.05, 3.63) is 41.6 Å². The number of nitrogens with zero attached hydrogens (tertiary/aromatic N) is 3. The van der Waals surface area contributed by atoms with Gasteiger partial charge >= 0.3 is 0 Å². The molecule has 6 nitrogen and oxygen atoms in total. The summed E-state index contributed by atoms with van der Waals surface area (Å²) in [5.74, 6) is 0.378. The zero-order valence-electron chi connectivity index (χ0n) is 11.6. The fourth-order valence-electron chi connectivity index (χ4n) is 2.69. The number of hydrogen-bond acceptors (Lipinski definition) is 4. The van der Waals surface area contributed by atoms with Crippen molar-refractivity contribution in [3.63, 3.8) is 0 Å². The van der Waals surface area contributed by atoms with E-state index in [4.69, 9.17) is 9.15 Å². The zero-order valence-corrected chi connectivity index (χ0v) is 11.6. The Morgan fingerprint density at radius 2 is 2.45 bits per heavy atom. The summed E-state index contributed by atoms with van der Waals surface area (Å²) in [5, 5.41) is 4.48. The average Bonchev–Trinajstić information content (AvgIpc) is 3.06. The Kier molecular flexibility index (Phi) is 3.31. The molecule has 0 aliphatic carbocycles. The van der Waals surface area contributed by atoms with E-state index in [2.05, 4.69) is 5.10 Å². The summed E-state index contributed by atoms with van der Waals surface area (Å²) in [7, 11) is 3.55. The maximum absolute atomic E-state index is 12.4. The normalized spacial score (nSPS) is 18.1. The van der Waals surface area contributed by atoms with E-state index in [1.165, 1.54) is 6.26 Å². The van der Waals surface area contributed by atoms with Crippen LogP contribution in [0.25, 0.3) is 0 Å². The van der Waals surface area contributed by atoms with Crippen molar-refractivity contribution in [1.82, 2.24) is 14.7 Å². The number of amides is 1. The number of ether oxygens (including phenoxy) is 1. The highest BCUT2D eigenvalue weighted by Crippen LogP contribution is 2.28. The van der Waals surface area contributed by atoms with Crippen LogP contribution in [-0.4, -0.2) is 40.8 Å². The number of methoxy groups -OCH3 is 1. The molecule has 20 heavy (non-hydrogen) atoms. The van der Waals surface area contributed by atoms with E-state index in [0.29, 0.717) is 25.5 Å². The Labute approximate surface area is 116 Å². The van der Waals surface area contributed by atoms with Gasteiger partial charge in [-0.3, -0.25) is 9.48 Å². The molecule has 2 aromatic rings. The number of fused-ring (bicyclic) bond motifs is 1. The van der Waals surface area contributed by atoms with Gasteiger partial charge in [-0.2, -0.15) is 5.10 Å². The lowest BCUT2D eigenvalue weighted by atomic mass is 9.97. The molecule has 0 fully saturated rings. The lowest BCUT2D eigenvalue weighted by Gasteiger charge is -2.31. The van der Waals surface area contributed by atoms with Gasteiger partial charge in [-0.1, -0.05) is 0 Å². The van der Waals surface area contributed by atoms with Crippen LogP contribution in [0.15, 0.2) is 29.0 Å². The van der Waals surface area contributed by atoms with Gasteiger partial charge in [0, 0.05) is 44.9 Å². The van der Waals surface area contributed by atoms with Crippen LogP contribution in [0.3, 0.4) is 0 Å². The molecule has 0 N–H and O–H groups in total. The Morgan fingerprint density at radius 3 is 3.15 bits per heavy atom. The average molecular weight is 275 g/mol. The van der Waals surface area contributed by atoms with Crippen molar-refractivity contribution in [2.24, 2.45) is 7.05 Å². The molecule has 0 saturated heterocycles. The molecule has 2 aromatic heterocycles. The molecule has 1 aliphatic heterocycles. The highest BCUT2D eigenvalue weighted by molar-refractivity contribution is 5.91. The topological polar surface area (TPSA) is 60.5 Å². The van der Waals surface area contributed by atoms with Gasteiger partial charge in [-0.05, 0) is 12.1 Å². The van der Waals surface area contributed by atoms with Crippen LogP contribution in [0.4, 0.5) is 0 Å². The predicted octanol–water partition coefficient (Wildman–Crippen LogP) is 1.40. The minimum Gasteiger partial charge on any atom is -0.459 e. The first-order chi connectivity index (χ1) is 9.69. The third-order valence-corrected chi connectivity index (χ3v) is 3.51. The maximum Gasteiger partial charge on any atom is 0.289 e. The molecule has 1 atom stereocenters. The summed E-state index contributed by atoms with van der Waals surface area (Å²) in [6.45, 7) is 1.70. The largest absolute Gasteiger partial charge is 0.459 e. The fraction of sp³-hybridized carbons (Fsp3) is 0.429. The summed E-state index contributed by atoms with van der Waals surface area (Å²) < 4.78 is 12.2. The van der Waals surface area contributed by atoms with Gasteiger partial charge in [0.05, 0.1) is 18.6 Å². The SMILES string of the molecule is COC[C@@H]1CN(C(=O)c2ccco2)Cc2cn(C)nc21. The number of furan rings is 1. The first-order valence-corrected chi connectivity index (χ1v) is 6.53. The van der Waals surface area contributed by atoms with Crippen molar-refractivity contribution in [1.29, 1.82) is 0 Å². The van der Waals surface area contributed by atoms with Gasteiger partial charge in [-0.15, -0.1) is 0 Å². The van der Waals surface area contributed by atoms with Crippen LogP contribution in [0, 0.1) is 0 Å². The maximum atomic E-state index is 12.4. The molecule has 3 heterocycles. The van der Waals surface area contributed by atoms with E-state index >= 15 is 0 Å². The van der Waals surface area contributed by atoms with Crippen LogP contribution in [0.5, 0.6) is 0 Å². The van der Waals surface area contributed by atoms with Crippen LogP contribution < -0.4 is 0 Å². The Bertz CT molecular complexity index is 603. The molecule has 106 valence electrons. The second kappa shape index (κ2) is 5.13. The molecule has 0 radical (unpaired) electrons. The Balaban J connectivity index is 1.87. The van der Waals surface area contributed by atoms with Gasteiger partial charge < -0.3 is 14.1 Å². The van der Waals surface area contributed by atoms with Gasteiger partial charge in [0.15, 0.2) is 5.76 Å². The first-order valence-electron chi connectivity index (χ1n) is 6.53. The van der Waals surface area contributed by atoms with Gasteiger partial charge in [0.25, 0.3) is 5.91 Å². The lowest BCUT2D eigenvalue weighted by molar-refractivity contribution is 0.0647. The van der Waals surface area contributed by atoms with Crippen LogP contribution in [0.1, 0.15) is 27.7 Å². The Hall–Kier alpha value is -2.08. The summed E-state index contributed by atoms with van der Waals surface area (Å²) >= 11 is 0. The Morgan fingerprint density at radius 1 is 1.60 bits per heavy atom. The van der Waals surface area contributed by atoms with Crippen molar-refractivity contribution in [2.45, 2.75) is 12.5 Å². The van der Waals surface area contributed by atoms with E-state index in [-0.39, 0.29) is 11.8 Å². The molecule has 3 rings (SSSR count). The molecule has 1 aliphatic rings. The number of carbonyl (C=O) groups is 1. The van der Waals surface area contributed by atoms with Crippen LogP contribution >= 0.6 is 0 Å². The molecule has 1 amide bonds. The first kappa shape index (κ1) is 12.9. The number of aryl methyl sites for hydroxylation is 1. The highest BCUT2D eigenvalue weighted by Gasteiger charge is 2.31. The summed E-state index contributed by atoms with van der Waals surface area (Å²) in [6, 6.07) is 3.41. The molecular weight excluding hydrogens is 258 g/mol. The second-order valence-electron chi connectivity index (χ2n) is 5.03. The van der Waals surface area contributed by atoms with Crippen molar-refractivity contribution in [3.8, 4) is 0 Å². The van der Waals surface area contributed by atoms with Crippen molar-refractivity contribution < 1.29 is 13.9 Å². The van der Waals surface area contributed by atoms with E-state index in [0.717, 1.165) is 11.3 Å². The van der Waals surface area contributed by atoms with Crippen LogP contribution in [0.2, 0.25) is 0 Å². The molecule has 0 unspecified atom stereocenters. The summed E-state index contributed by atoms with van der Waals surface area (Å²) in [6.07, 6.45) is 3.47. The number of rotatable bonds is 3. The lowest BCUT2D eigenvalue weighted by Crippen LogP contribution is -2.39. The minimum absolute atomic E-state index is 0.0920. The van der Waals surface area contributed by atoms with E-state index in [9.17, 15) is 4.79 Å². The van der Waals surface area contributed by atoms with E-state index < -0.39 is 0 Å². The predicted molar refractivity (Wildman–Crippen MR) is 71.3 cm³/mol. The molecule has 0 bridgehead atoms. The third kappa shape index (κ3) is 2.22. The fourth-order valence-corrected chi connectivity index (χ4v) is 2.69. The number of carbonyl (C=O) groups excluding carboxylic acids is 1.